The minimum absolute atomic E-state index is 0.409. The van der Waals surface area contributed by atoms with Crippen molar-refractivity contribution < 1.29 is 10.0 Å². The average Bonchev–Trinajstić information content (AvgIpc) is 2.82. The van der Waals surface area contributed by atoms with Gasteiger partial charge in [0.2, 0.25) is 0 Å². The van der Waals surface area contributed by atoms with E-state index in [0.717, 1.165) is 35.9 Å². The number of carbonyl (C=O) groups excluding carboxylic acids is 1. The van der Waals surface area contributed by atoms with Gasteiger partial charge in [-0.1, -0.05) is 31.5 Å². The highest BCUT2D eigenvalue weighted by atomic mass is 16.5. The van der Waals surface area contributed by atoms with E-state index < -0.39 is 11.9 Å². The van der Waals surface area contributed by atoms with Crippen molar-refractivity contribution in [2.45, 2.75) is 38.8 Å². The smallest absolute Gasteiger partial charge is 0.260 e. The lowest BCUT2D eigenvalue weighted by molar-refractivity contribution is -0.130. The van der Waals surface area contributed by atoms with Crippen LogP contribution < -0.4 is 11.2 Å². The van der Waals surface area contributed by atoms with Crippen LogP contribution in [0.4, 0.5) is 0 Å². The van der Waals surface area contributed by atoms with Gasteiger partial charge >= 0.3 is 0 Å². The first-order valence-electron chi connectivity index (χ1n) is 6.93. The minimum Gasteiger partial charge on any atom is -0.347 e. The van der Waals surface area contributed by atoms with E-state index in [-0.39, 0.29) is 0 Å². The van der Waals surface area contributed by atoms with Crippen LogP contribution in [0.5, 0.6) is 0 Å². The number of carbonyl (C=O) groups is 1. The summed E-state index contributed by atoms with van der Waals surface area (Å²) >= 11 is 0. The van der Waals surface area contributed by atoms with Crippen molar-refractivity contribution in [3.63, 3.8) is 0 Å². The highest BCUT2D eigenvalue weighted by molar-refractivity contribution is 5.86. The molecule has 1 aromatic carbocycles. The number of unbranched alkanes of at least 4 members (excludes halogenated alkanes) is 1. The van der Waals surface area contributed by atoms with Crippen molar-refractivity contribution >= 4 is 16.8 Å². The number of aromatic nitrogens is 1. The van der Waals surface area contributed by atoms with Crippen LogP contribution >= 0.6 is 0 Å². The van der Waals surface area contributed by atoms with Crippen LogP contribution in [0.1, 0.15) is 25.3 Å². The molecule has 0 aliphatic carbocycles. The van der Waals surface area contributed by atoms with Crippen molar-refractivity contribution in [2.24, 2.45) is 5.73 Å². The van der Waals surface area contributed by atoms with Crippen molar-refractivity contribution in [3.05, 3.63) is 36.0 Å². The molecule has 2 rings (SSSR count). The Bertz CT molecular complexity index is 592. The number of benzene rings is 1. The number of para-hydroxylation sites is 1. The molecule has 1 atom stereocenters. The molecule has 0 saturated carbocycles. The number of fused-ring (bicyclic) bond motifs is 1. The molecule has 4 N–H and O–H groups in total. The fraction of sp³-hybridized carbons (Fsp3) is 0.400. The van der Waals surface area contributed by atoms with E-state index in [1.807, 2.05) is 18.2 Å². The molecule has 1 amide bonds. The molecule has 108 valence electrons. The molecule has 20 heavy (non-hydrogen) atoms. The summed E-state index contributed by atoms with van der Waals surface area (Å²) in [6.45, 7) is 3.12. The number of nitrogens with zero attached hydrogens (tertiary/aromatic N) is 1. The minimum atomic E-state index is -0.745. The summed E-state index contributed by atoms with van der Waals surface area (Å²) < 4.78 is 2.21. The van der Waals surface area contributed by atoms with Crippen LogP contribution in [0.2, 0.25) is 0 Å². The van der Waals surface area contributed by atoms with Gasteiger partial charge in [0, 0.05) is 23.6 Å². The number of rotatable bonds is 6. The molecular formula is C15H21N3O2. The Labute approximate surface area is 118 Å². The van der Waals surface area contributed by atoms with Gasteiger partial charge in [-0.2, -0.15) is 0 Å². The van der Waals surface area contributed by atoms with E-state index in [1.165, 1.54) is 0 Å². The Balaban J connectivity index is 2.31. The fourth-order valence-electron chi connectivity index (χ4n) is 2.41. The van der Waals surface area contributed by atoms with Crippen LogP contribution in [0.3, 0.4) is 0 Å². The van der Waals surface area contributed by atoms with Gasteiger partial charge < -0.3 is 10.3 Å². The van der Waals surface area contributed by atoms with Gasteiger partial charge in [-0.05, 0) is 24.5 Å². The zero-order valence-corrected chi connectivity index (χ0v) is 11.7. The second kappa shape index (κ2) is 6.54. The molecule has 0 aliphatic heterocycles. The molecule has 0 fully saturated rings. The first kappa shape index (κ1) is 14.6. The summed E-state index contributed by atoms with van der Waals surface area (Å²) in [7, 11) is 0. The van der Waals surface area contributed by atoms with Crippen molar-refractivity contribution in [1.29, 1.82) is 0 Å². The molecule has 1 unspecified atom stereocenters. The standard InChI is InChI=1S/C15H21N3O2/c1-2-3-8-18-10-11(9-13(16)15(19)17-20)12-6-4-5-7-14(12)18/h4-7,10,13,20H,2-3,8-9,16H2,1H3,(H,17,19). The number of hydrogen-bond acceptors (Lipinski definition) is 3. The Morgan fingerprint density at radius 2 is 2.20 bits per heavy atom. The zero-order chi connectivity index (χ0) is 14.5. The fourth-order valence-corrected chi connectivity index (χ4v) is 2.41. The maximum absolute atomic E-state index is 11.3. The lowest BCUT2D eigenvalue weighted by Crippen LogP contribution is -2.40. The van der Waals surface area contributed by atoms with Gasteiger partial charge in [0.25, 0.3) is 5.91 Å². The molecule has 0 bridgehead atoms. The van der Waals surface area contributed by atoms with E-state index in [4.69, 9.17) is 10.9 Å². The van der Waals surface area contributed by atoms with Crippen LogP contribution in [-0.4, -0.2) is 21.7 Å². The third-order valence-corrected chi connectivity index (χ3v) is 3.51. The molecule has 0 aliphatic rings. The number of aryl methyl sites for hydroxylation is 1. The van der Waals surface area contributed by atoms with Crippen LogP contribution in [0, 0.1) is 0 Å². The summed E-state index contributed by atoms with van der Waals surface area (Å²) in [6, 6.07) is 7.36. The first-order valence-corrected chi connectivity index (χ1v) is 6.93. The van der Waals surface area contributed by atoms with Crippen LogP contribution in [0.15, 0.2) is 30.5 Å². The van der Waals surface area contributed by atoms with Crippen molar-refractivity contribution in [1.82, 2.24) is 10.0 Å². The summed E-state index contributed by atoms with van der Waals surface area (Å²) in [5, 5.41) is 9.75. The predicted octanol–water partition coefficient (Wildman–Crippen LogP) is 1.82. The third-order valence-electron chi connectivity index (χ3n) is 3.51. The molecule has 2 aromatic rings. The first-order chi connectivity index (χ1) is 9.67. The Kier molecular flexibility index (Phi) is 4.76. The molecule has 0 saturated heterocycles. The molecule has 1 aromatic heterocycles. The van der Waals surface area contributed by atoms with Gasteiger partial charge in [0.15, 0.2) is 0 Å². The quantitative estimate of drug-likeness (QED) is 0.555. The number of amides is 1. The molecule has 5 heteroatoms. The topological polar surface area (TPSA) is 80.3 Å². The lowest BCUT2D eigenvalue weighted by Gasteiger charge is -2.07. The van der Waals surface area contributed by atoms with E-state index in [0.29, 0.717) is 6.42 Å². The van der Waals surface area contributed by atoms with E-state index >= 15 is 0 Å². The van der Waals surface area contributed by atoms with Gasteiger partial charge in [0.05, 0.1) is 6.04 Å². The molecule has 0 spiro atoms. The van der Waals surface area contributed by atoms with Gasteiger partial charge in [-0.3, -0.25) is 10.0 Å². The summed E-state index contributed by atoms with van der Waals surface area (Å²) in [4.78, 5) is 11.3. The molecule has 0 radical (unpaired) electrons. The van der Waals surface area contributed by atoms with Gasteiger partial charge in [0.1, 0.15) is 0 Å². The van der Waals surface area contributed by atoms with E-state index in [1.54, 1.807) is 5.48 Å². The number of hydrogen-bond donors (Lipinski definition) is 3. The average molecular weight is 275 g/mol. The molecule has 5 nitrogen and oxygen atoms in total. The SMILES string of the molecule is CCCCn1cc(CC(N)C(=O)NO)c2ccccc21. The highest BCUT2D eigenvalue weighted by Gasteiger charge is 2.16. The molecular weight excluding hydrogens is 254 g/mol. The third kappa shape index (κ3) is 3.00. The highest BCUT2D eigenvalue weighted by Crippen LogP contribution is 2.23. The van der Waals surface area contributed by atoms with E-state index in [2.05, 4.69) is 23.8 Å². The second-order valence-electron chi connectivity index (χ2n) is 5.01. The van der Waals surface area contributed by atoms with Crippen LogP contribution in [-0.2, 0) is 17.8 Å². The maximum Gasteiger partial charge on any atom is 0.260 e. The van der Waals surface area contributed by atoms with Gasteiger partial charge in [-0.25, -0.2) is 5.48 Å². The predicted molar refractivity (Wildman–Crippen MR) is 78.5 cm³/mol. The van der Waals surface area contributed by atoms with Crippen molar-refractivity contribution in [3.8, 4) is 0 Å². The summed E-state index contributed by atoms with van der Waals surface area (Å²) in [6.07, 6.45) is 4.71. The van der Waals surface area contributed by atoms with Crippen LogP contribution in [0.25, 0.3) is 10.9 Å². The Hall–Kier alpha value is -1.85. The normalized spacial score (nSPS) is 12.6. The lowest BCUT2D eigenvalue weighted by atomic mass is 10.1. The Morgan fingerprint density at radius 3 is 2.90 bits per heavy atom. The largest absolute Gasteiger partial charge is 0.347 e. The summed E-state index contributed by atoms with van der Waals surface area (Å²) in [5.41, 5.74) is 9.58. The molecule has 1 heterocycles. The Morgan fingerprint density at radius 1 is 1.45 bits per heavy atom. The van der Waals surface area contributed by atoms with Gasteiger partial charge in [-0.15, -0.1) is 0 Å². The summed E-state index contributed by atoms with van der Waals surface area (Å²) in [5.74, 6) is -0.560. The number of hydroxylamine groups is 1. The second-order valence-corrected chi connectivity index (χ2v) is 5.01. The van der Waals surface area contributed by atoms with Crippen molar-refractivity contribution in [2.75, 3.05) is 0 Å². The van der Waals surface area contributed by atoms with E-state index in [9.17, 15) is 4.79 Å². The number of nitrogens with two attached hydrogens (primary N) is 1. The monoisotopic (exact) mass is 275 g/mol. The maximum atomic E-state index is 11.3. The number of nitrogens with one attached hydrogen (secondary N) is 1. The zero-order valence-electron chi connectivity index (χ0n) is 11.7.